The summed E-state index contributed by atoms with van der Waals surface area (Å²) in [6.07, 6.45) is 2.25. The molecule has 1 saturated heterocycles. The van der Waals surface area contributed by atoms with Gasteiger partial charge in [-0.05, 0) is 33.6 Å². The van der Waals surface area contributed by atoms with Crippen LogP contribution >= 0.6 is 0 Å². The second-order valence-electron chi connectivity index (χ2n) is 7.74. The highest BCUT2D eigenvalue weighted by Gasteiger charge is 2.26. The topological polar surface area (TPSA) is 77.0 Å². The molecule has 0 aromatic heterocycles. The van der Waals surface area contributed by atoms with Crippen LogP contribution in [0.4, 0.5) is 0 Å². The van der Waals surface area contributed by atoms with Gasteiger partial charge in [-0.1, -0.05) is 0 Å². The summed E-state index contributed by atoms with van der Waals surface area (Å²) in [5, 5.41) is 6.35. The van der Waals surface area contributed by atoms with E-state index >= 15 is 0 Å². The minimum Gasteiger partial charge on any atom is -0.355 e. The van der Waals surface area contributed by atoms with Crippen LogP contribution in [0.25, 0.3) is 0 Å². The molecule has 0 radical (unpaired) electrons. The minimum atomic E-state index is -0.862. The van der Waals surface area contributed by atoms with E-state index in [1.54, 1.807) is 7.05 Å². The molecule has 2 aliphatic rings. The van der Waals surface area contributed by atoms with Crippen molar-refractivity contribution < 1.29 is 9.00 Å². The molecular formula is C17H33N5O2S. The number of nitrogens with one attached hydrogen (secondary N) is 2. The van der Waals surface area contributed by atoms with E-state index in [9.17, 15) is 9.00 Å². The number of hydrogen-bond donors (Lipinski definition) is 2. The Hall–Kier alpha value is -1.15. The van der Waals surface area contributed by atoms with E-state index in [1.165, 1.54) is 0 Å². The number of rotatable bonds is 6. The van der Waals surface area contributed by atoms with Crippen molar-refractivity contribution in [2.75, 3.05) is 52.1 Å². The van der Waals surface area contributed by atoms with Crippen LogP contribution in [0.5, 0.6) is 0 Å². The highest BCUT2D eigenvalue weighted by atomic mass is 32.2. The molecule has 1 unspecified atom stereocenters. The van der Waals surface area contributed by atoms with Crippen molar-refractivity contribution in [3.63, 3.8) is 0 Å². The van der Waals surface area contributed by atoms with Crippen LogP contribution in [-0.2, 0) is 15.6 Å². The molecule has 0 spiro atoms. The van der Waals surface area contributed by atoms with Crippen LogP contribution in [-0.4, -0.2) is 88.7 Å². The van der Waals surface area contributed by atoms with Crippen molar-refractivity contribution in [3.05, 3.63) is 0 Å². The Balaban J connectivity index is 1.68. The van der Waals surface area contributed by atoms with Gasteiger partial charge in [-0.2, -0.15) is 0 Å². The Morgan fingerprint density at radius 2 is 1.84 bits per heavy atom. The Labute approximate surface area is 154 Å². The maximum atomic E-state index is 12.1. The summed E-state index contributed by atoms with van der Waals surface area (Å²) in [4.78, 5) is 20.6. The van der Waals surface area contributed by atoms with E-state index in [-0.39, 0.29) is 10.7 Å². The molecule has 2 rings (SSSR count). The van der Waals surface area contributed by atoms with Crippen molar-refractivity contribution >= 4 is 22.7 Å². The van der Waals surface area contributed by atoms with Crippen molar-refractivity contribution in [1.29, 1.82) is 0 Å². The number of hydrogen-bond acceptors (Lipinski definition) is 4. The summed E-state index contributed by atoms with van der Waals surface area (Å²) in [6, 6.07) is 0.426. The number of carbonyl (C=O) groups is 1. The first-order chi connectivity index (χ1) is 11.8. The standard InChI is InChI=1S/C17H33N5O2S/c1-17(2,3)25(24)12-7-19-16(18-4)22-10-8-21(9-11-22)13-15(23)20-14-5-6-14/h14H,5-13H2,1-4H3,(H,18,19)(H,20,23). The van der Waals surface area contributed by atoms with Crippen LogP contribution in [0.2, 0.25) is 0 Å². The first kappa shape index (κ1) is 20.2. The lowest BCUT2D eigenvalue weighted by atomic mass is 10.3. The van der Waals surface area contributed by atoms with E-state index in [4.69, 9.17) is 0 Å². The predicted octanol–water partition coefficient (Wildman–Crippen LogP) is 0.00520. The molecule has 1 heterocycles. The molecule has 1 aliphatic heterocycles. The molecule has 25 heavy (non-hydrogen) atoms. The van der Waals surface area contributed by atoms with Gasteiger partial charge in [0.25, 0.3) is 0 Å². The summed E-state index contributed by atoms with van der Waals surface area (Å²) in [5.41, 5.74) is 0. The molecule has 7 nitrogen and oxygen atoms in total. The average molecular weight is 372 g/mol. The first-order valence-electron chi connectivity index (χ1n) is 9.15. The Morgan fingerprint density at radius 3 is 2.36 bits per heavy atom. The van der Waals surface area contributed by atoms with Crippen molar-refractivity contribution in [2.45, 2.75) is 44.4 Å². The van der Waals surface area contributed by atoms with E-state index in [0.717, 1.165) is 45.0 Å². The second kappa shape index (κ2) is 8.98. The van der Waals surface area contributed by atoms with Gasteiger partial charge in [0, 0.05) is 67.1 Å². The van der Waals surface area contributed by atoms with Crippen molar-refractivity contribution in [2.24, 2.45) is 4.99 Å². The summed E-state index contributed by atoms with van der Waals surface area (Å²) < 4.78 is 11.9. The van der Waals surface area contributed by atoms with Crippen LogP contribution in [0, 0.1) is 0 Å². The average Bonchev–Trinajstić information content (AvgIpc) is 3.35. The van der Waals surface area contributed by atoms with Gasteiger partial charge in [0.2, 0.25) is 5.91 Å². The molecule has 1 aliphatic carbocycles. The molecule has 0 aromatic rings. The third-order valence-corrected chi connectivity index (χ3v) is 6.39. The van der Waals surface area contributed by atoms with Crippen LogP contribution in [0.1, 0.15) is 33.6 Å². The maximum Gasteiger partial charge on any atom is 0.234 e. The van der Waals surface area contributed by atoms with Gasteiger partial charge in [0.1, 0.15) is 0 Å². The van der Waals surface area contributed by atoms with E-state index < -0.39 is 10.8 Å². The maximum absolute atomic E-state index is 12.1. The van der Waals surface area contributed by atoms with E-state index in [1.807, 2.05) is 20.8 Å². The zero-order valence-corrected chi connectivity index (χ0v) is 16.8. The Bertz CT molecular complexity index is 506. The van der Waals surface area contributed by atoms with Gasteiger partial charge >= 0.3 is 0 Å². The van der Waals surface area contributed by atoms with Crippen molar-refractivity contribution in [1.82, 2.24) is 20.4 Å². The van der Waals surface area contributed by atoms with Crippen molar-refractivity contribution in [3.8, 4) is 0 Å². The molecule has 1 saturated carbocycles. The largest absolute Gasteiger partial charge is 0.355 e. The lowest BCUT2D eigenvalue weighted by Gasteiger charge is -2.36. The fourth-order valence-corrected chi connectivity index (χ4v) is 3.62. The number of amides is 1. The highest BCUT2D eigenvalue weighted by molar-refractivity contribution is 7.86. The third-order valence-electron chi connectivity index (χ3n) is 4.45. The molecule has 8 heteroatoms. The summed E-state index contributed by atoms with van der Waals surface area (Å²) in [6.45, 7) is 10.5. The molecule has 1 atom stereocenters. The molecule has 0 bridgehead atoms. The van der Waals surface area contributed by atoms with Gasteiger partial charge in [0.05, 0.1) is 6.54 Å². The van der Waals surface area contributed by atoms with Crippen LogP contribution < -0.4 is 10.6 Å². The number of nitrogens with zero attached hydrogens (tertiary/aromatic N) is 3. The molecule has 2 N–H and O–H groups in total. The number of carbonyl (C=O) groups excluding carboxylic acids is 1. The lowest BCUT2D eigenvalue weighted by molar-refractivity contribution is -0.122. The zero-order chi connectivity index (χ0) is 18.4. The highest BCUT2D eigenvalue weighted by Crippen LogP contribution is 2.18. The smallest absolute Gasteiger partial charge is 0.234 e. The van der Waals surface area contributed by atoms with Gasteiger partial charge in [-0.15, -0.1) is 0 Å². The number of guanidine groups is 1. The number of piperazine rings is 1. The fourth-order valence-electron chi connectivity index (χ4n) is 2.72. The van der Waals surface area contributed by atoms with Gasteiger partial charge in [0.15, 0.2) is 5.96 Å². The second-order valence-corrected chi connectivity index (χ2v) is 10.1. The van der Waals surface area contributed by atoms with E-state index in [0.29, 0.717) is 24.9 Å². The van der Waals surface area contributed by atoms with Gasteiger partial charge < -0.3 is 15.5 Å². The summed E-state index contributed by atoms with van der Waals surface area (Å²) >= 11 is 0. The van der Waals surface area contributed by atoms with E-state index in [2.05, 4.69) is 25.4 Å². The molecule has 0 aromatic carbocycles. The summed E-state index contributed by atoms with van der Waals surface area (Å²) in [7, 11) is 0.915. The molecule has 1 amide bonds. The minimum absolute atomic E-state index is 0.142. The third kappa shape index (κ3) is 6.93. The fraction of sp³-hybridized carbons (Fsp3) is 0.882. The monoisotopic (exact) mass is 371 g/mol. The summed E-state index contributed by atoms with van der Waals surface area (Å²) in [5.74, 6) is 1.61. The quantitative estimate of drug-likeness (QED) is 0.508. The van der Waals surface area contributed by atoms with Gasteiger partial charge in [-0.25, -0.2) is 0 Å². The van der Waals surface area contributed by atoms with Gasteiger partial charge in [-0.3, -0.25) is 18.9 Å². The normalized spacial score (nSPS) is 21.1. The predicted molar refractivity (Wildman–Crippen MR) is 103 cm³/mol. The first-order valence-corrected chi connectivity index (χ1v) is 10.5. The SMILES string of the molecule is CN=C(NCCS(=O)C(C)(C)C)N1CCN(CC(=O)NC2CC2)CC1. The molecule has 2 fully saturated rings. The molecule has 144 valence electrons. The molecular weight excluding hydrogens is 338 g/mol. The lowest BCUT2D eigenvalue weighted by Crippen LogP contribution is -2.54. The van der Waals surface area contributed by atoms with Crippen LogP contribution in [0.3, 0.4) is 0 Å². The Morgan fingerprint density at radius 1 is 1.20 bits per heavy atom. The number of aliphatic imine (C=N–C) groups is 1. The van der Waals surface area contributed by atoms with Crippen LogP contribution in [0.15, 0.2) is 4.99 Å². The Kier molecular flexibility index (Phi) is 7.25. The zero-order valence-electron chi connectivity index (χ0n) is 16.0.